The second-order valence-electron chi connectivity index (χ2n) is 3.94. The number of nitrogens with one attached hydrogen (secondary N) is 1. The molecule has 0 spiro atoms. The van der Waals surface area contributed by atoms with Crippen molar-refractivity contribution >= 4 is 17.3 Å². The number of H-pyrrole nitrogens is 1. The summed E-state index contributed by atoms with van der Waals surface area (Å²) in [6, 6.07) is 2.96. The summed E-state index contributed by atoms with van der Waals surface area (Å²) < 4.78 is 14.3. The molecule has 9 heteroatoms. The molecule has 0 saturated heterocycles. The molecule has 0 unspecified atom stereocenters. The van der Waals surface area contributed by atoms with Crippen molar-refractivity contribution in [3.8, 4) is 0 Å². The quantitative estimate of drug-likeness (QED) is 0.682. The van der Waals surface area contributed by atoms with Crippen LogP contribution in [-0.2, 0) is 6.54 Å². The van der Waals surface area contributed by atoms with Crippen LogP contribution in [0.3, 0.4) is 0 Å². The maximum Gasteiger partial charge on any atom is 0.328 e. The molecular formula is C11H7ClFN3O4. The monoisotopic (exact) mass is 299 g/mol. The Labute approximate surface area is 115 Å². The van der Waals surface area contributed by atoms with Gasteiger partial charge in [0.25, 0.3) is 11.2 Å². The fraction of sp³-hybridized carbons (Fsp3) is 0.0909. The highest BCUT2D eigenvalue weighted by Gasteiger charge is 2.11. The van der Waals surface area contributed by atoms with Crippen LogP contribution >= 0.6 is 11.6 Å². The van der Waals surface area contributed by atoms with E-state index in [9.17, 15) is 24.1 Å². The first kappa shape index (κ1) is 13.9. The SMILES string of the molecule is O=c1[nH]c(=O)n(Cc2cc(F)cc([N+](=O)[O-])c2)cc1Cl. The maximum absolute atomic E-state index is 13.3. The number of halogens is 2. The summed E-state index contributed by atoms with van der Waals surface area (Å²) in [6.07, 6.45) is 1.08. The van der Waals surface area contributed by atoms with Gasteiger partial charge in [0.1, 0.15) is 10.8 Å². The van der Waals surface area contributed by atoms with Crippen LogP contribution in [0, 0.1) is 15.9 Å². The molecule has 20 heavy (non-hydrogen) atoms. The van der Waals surface area contributed by atoms with Crippen LogP contribution in [0.1, 0.15) is 5.56 Å². The maximum atomic E-state index is 13.3. The summed E-state index contributed by atoms with van der Waals surface area (Å²) in [6.45, 7) is -0.159. The predicted molar refractivity (Wildman–Crippen MR) is 68.5 cm³/mol. The summed E-state index contributed by atoms with van der Waals surface area (Å²) in [4.78, 5) is 34.5. The third-order valence-electron chi connectivity index (χ3n) is 2.47. The molecule has 0 aliphatic rings. The Hall–Kier alpha value is -2.48. The Kier molecular flexibility index (Phi) is 3.66. The Balaban J connectivity index is 2.45. The average molecular weight is 300 g/mol. The van der Waals surface area contributed by atoms with Gasteiger partial charge in [0, 0.05) is 12.3 Å². The number of hydrogen-bond donors (Lipinski definition) is 1. The number of benzene rings is 1. The Morgan fingerprint density at radius 1 is 1.35 bits per heavy atom. The van der Waals surface area contributed by atoms with E-state index in [4.69, 9.17) is 11.6 Å². The van der Waals surface area contributed by atoms with Crippen molar-refractivity contribution in [1.82, 2.24) is 9.55 Å². The van der Waals surface area contributed by atoms with Gasteiger partial charge in [-0.25, -0.2) is 9.18 Å². The Morgan fingerprint density at radius 2 is 2.05 bits per heavy atom. The molecule has 0 aliphatic heterocycles. The molecule has 7 nitrogen and oxygen atoms in total. The van der Waals surface area contributed by atoms with Gasteiger partial charge in [-0.2, -0.15) is 0 Å². The van der Waals surface area contributed by atoms with E-state index in [-0.39, 0.29) is 17.1 Å². The van der Waals surface area contributed by atoms with E-state index >= 15 is 0 Å². The highest BCUT2D eigenvalue weighted by atomic mass is 35.5. The highest BCUT2D eigenvalue weighted by molar-refractivity contribution is 6.30. The Morgan fingerprint density at radius 3 is 2.70 bits per heavy atom. The van der Waals surface area contributed by atoms with E-state index in [1.807, 2.05) is 4.98 Å². The summed E-state index contributed by atoms with van der Waals surface area (Å²) in [5.41, 5.74) is -1.71. The van der Waals surface area contributed by atoms with Crippen molar-refractivity contribution in [2.45, 2.75) is 6.54 Å². The average Bonchev–Trinajstić information content (AvgIpc) is 2.35. The van der Waals surface area contributed by atoms with E-state index in [2.05, 4.69) is 0 Å². The first-order valence-corrected chi connectivity index (χ1v) is 5.68. The second-order valence-corrected chi connectivity index (χ2v) is 4.35. The molecule has 0 radical (unpaired) electrons. The van der Waals surface area contributed by atoms with Crippen molar-refractivity contribution in [2.75, 3.05) is 0 Å². The van der Waals surface area contributed by atoms with E-state index in [1.165, 1.54) is 0 Å². The van der Waals surface area contributed by atoms with Gasteiger partial charge in [-0.15, -0.1) is 0 Å². The summed E-state index contributed by atoms with van der Waals surface area (Å²) >= 11 is 5.58. The lowest BCUT2D eigenvalue weighted by Gasteiger charge is -2.05. The van der Waals surface area contributed by atoms with E-state index in [0.717, 1.165) is 29.0 Å². The molecule has 0 fully saturated rings. The van der Waals surface area contributed by atoms with Crippen LogP contribution < -0.4 is 11.2 Å². The number of nitrogens with zero attached hydrogens (tertiary/aromatic N) is 2. The largest absolute Gasteiger partial charge is 0.328 e. The highest BCUT2D eigenvalue weighted by Crippen LogP contribution is 2.16. The van der Waals surface area contributed by atoms with Gasteiger partial charge >= 0.3 is 5.69 Å². The van der Waals surface area contributed by atoms with Crippen molar-refractivity contribution in [1.29, 1.82) is 0 Å². The molecule has 2 rings (SSSR count). The van der Waals surface area contributed by atoms with Gasteiger partial charge in [-0.1, -0.05) is 11.6 Å². The van der Waals surface area contributed by atoms with Crippen molar-refractivity contribution < 1.29 is 9.31 Å². The smallest absolute Gasteiger partial charge is 0.295 e. The molecule has 1 aromatic carbocycles. The molecule has 0 saturated carbocycles. The lowest BCUT2D eigenvalue weighted by molar-refractivity contribution is -0.385. The van der Waals surface area contributed by atoms with Gasteiger partial charge in [0.2, 0.25) is 0 Å². The van der Waals surface area contributed by atoms with Crippen LogP contribution in [-0.4, -0.2) is 14.5 Å². The van der Waals surface area contributed by atoms with Gasteiger partial charge in [-0.05, 0) is 11.6 Å². The fourth-order valence-electron chi connectivity index (χ4n) is 1.63. The number of hydrogen-bond acceptors (Lipinski definition) is 4. The van der Waals surface area contributed by atoms with E-state index in [1.54, 1.807) is 0 Å². The minimum Gasteiger partial charge on any atom is -0.295 e. The molecule has 2 aromatic rings. The topological polar surface area (TPSA) is 98.0 Å². The van der Waals surface area contributed by atoms with Crippen LogP contribution in [0.2, 0.25) is 5.02 Å². The van der Waals surface area contributed by atoms with Gasteiger partial charge < -0.3 is 0 Å². The third kappa shape index (κ3) is 2.91. The minimum absolute atomic E-state index is 0.159. The lowest BCUT2D eigenvalue weighted by Crippen LogP contribution is -2.29. The first-order valence-electron chi connectivity index (χ1n) is 5.30. The van der Waals surface area contributed by atoms with Crippen LogP contribution in [0.25, 0.3) is 0 Å². The number of aromatic amines is 1. The zero-order chi connectivity index (χ0) is 14.9. The molecule has 0 atom stereocenters. The van der Waals surface area contributed by atoms with Gasteiger partial charge in [-0.3, -0.25) is 24.5 Å². The van der Waals surface area contributed by atoms with E-state index < -0.39 is 27.7 Å². The third-order valence-corrected chi connectivity index (χ3v) is 2.74. The zero-order valence-corrected chi connectivity index (χ0v) is 10.6. The van der Waals surface area contributed by atoms with Gasteiger partial charge in [0.05, 0.1) is 17.5 Å². The van der Waals surface area contributed by atoms with Crippen LogP contribution in [0.5, 0.6) is 0 Å². The first-order chi connectivity index (χ1) is 9.36. The van der Waals surface area contributed by atoms with Crippen molar-refractivity contribution in [2.24, 2.45) is 0 Å². The lowest BCUT2D eigenvalue weighted by atomic mass is 10.2. The summed E-state index contributed by atoms with van der Waals surface area (Å²) in [7, 11) is 0. The zero-order valence-electron chi connectivity index (χ0n) is 9.80. The predicted octanol–water partition coefficient (Wildman–Crippen LogP) is 1.29. The number of nitro groups is 1. The summed E-state index contributed by atoms with van der Waals surface area (Å²) in [5.74, 6) is -0.794. The normalized spacial score (nSPS) is 10.5. The van der Waals surface area contributed by atoms with E-state index in [0.29, 0.717) is 0 Å². The summed E-state index contributed by atoms with van der Waals surface area (Å²) in [5, 5.41) is 10.4. The standard InChI is InChI=1S/C11H7ClFN3O4/c12-9-5-15(11(18)14-10(9)17)4-6-1-7(13)3-8(2-6)16(19)20/h1-3,5H,4H2,(H,14,17,18). The molecule has 0 aliphatic carbocycles. The van der Waals surface area contributed by atoms with Crippen LogP contribution in [0.4, 0.5) is 10.1 Å². The molecule has 1 N–H and O–H groups in total. The van der Waals surface area contributed by atoms with Crippen molar-refractivity contribution in [3.63, 3.8) is 0 Å². The number of non-ortho nitro benzene ring substituents is 1. The molecule has 0 bridgehead atoms. The van der Waals surface area contributed by atoms with Crippen molar-refractivity contribution in [3.05, 3.63) is 71.8 Å². The molecule has 104 valence electrons. The molecule has 0 amide bonds. The fourth-order valence-corrected chi connectivity index (χ4v) is 1.79. The van der Waals surface area contributed by atoms with Gasteiger partial charge in [0.15, 0.2) is 0 Å². The van der Waals surface area contributed by atoms with Crippen LogP contribution in [0.15, 0.2) is 34.0 Å². The Bertz CT molecular complexity index is 799. The number of aromatic nitrogens is 2. The number of nitro benzene ring substituents is 1. The second kappa shape index (κ2) is 5.25. The molecular weight excluding hydrogens is 293 g/mol. The number of rotatable bonds is 3. The molecule has 1 heterocycles. The molecule has 1 aromatic heterocycles. The minimum atomic E-state index is -0.794.